The van der Waals surface area contributed by atoms with E-state index in [1.165, 1.54) is 26.4 Å². The van der Waals surface area contributed by atoms with Gasteiger partial charge in [0.25, 0.3) is 0 Å². The van der Waals surface area contributed by atoms with Crippen LogP contribution in [0.4, 0.5) is 5.69 Å². The van der Waals surface area contributed by atoms with Gasteiger partial charge < -0.3 is 23.9 Å². The molecule has 2 aromatic heterocycles. The van der Waals surface area contributed by atoms with E-state index in [1.807, 2.05) is 0 Å². The number of phenolic OH excluding ortho intramolecular Hbond substituents is 1. The molecule has 0 aliphatic rings. The number of pyridine rings is 2. The smallest absolute Gasteiger partial charge is 0.356 e. The number of aryl methyl sites for hydroxylation is 1. The number of carbonyl (C=O) groups excluding carboxylic acids is 1. The molecule has 0 aliphatic heterocycles. The molecule has 9 nitrogen and oxygen atoms in total. The van der Waals surface area contributed by atoms with Gasteiger partial charge in [-0.2, -0.15) is 0 Å². The van der Waals surface area contributed by atoms with Gasteiger partial charge in [-0.1, -0.05) is 6.07 Å². The van der Waals surface area contributed by atoms with E-state index in [1.54, 1.807) is 25.1 Å². The SMILES string of the molecule is COC(=O)c1nc(-c2ccc3cc(OC)cc(O)c3n2)c(NS(=O)[O-])cc1C. The fraction of sp³-hybridized carbons (Fsp3) is 0.167. The highest BCUT2D eigenvalue weighted by Gasteiger charge is 2.19. The molecule has 10 heteroatoms. The number of nitrogens with zero attached hydrogens (tertiary/aromatic N) is 2. The summed E-state index contributed by atoms with van der Waals surface area (Å²) in [6.45, 7) is 1.61. The Morgan fingerprint density at radius 2 is 1.96 bits per heavy atom. The third-order valence-corrected chi connectivity index (χ3v) is 4.40. The fourth-order valence-corrected chi connectivity index (χ4v) is 3.05. The zero-order chi connectivity index (χ0) is 20.4. The van der Waals surface area contributed by atoms with Crippen molar-refractivity contribution >= 4 is 33.8 Å². The molecule has 3 aromatic rings. The van der Waals surface area contributed by atoms with Crippen LogP contribution in [0.25, 0.3) is 22.3 Å². The Labute approximate surface area is 162 Å². The van der Waals surface area contributed by atoms with E-state index < -0.39 is 17.2 Å². The first-order valence-electron chi connectivity index (χ1n) is 7.98. The molecule has 0 fully saturated rings. The highest BCUT2D eigenvalue weighted by Crippen LogP contribution is 2.33. The van der Waals surface area contributed by atoms with Crippen LogP contribution < -0.4 is 9.46 Å². The third kappa shape index (κ3) is 3.73. The molecule has 146 valence electrons. The van der Waals surface area contributed by atoms with Gasteiger partial charge in [-0.3, -0.25) is 4.21 Å². The molecule has 1 unspecified atom stereocenters. The molecule has 0 bridgehead atoms. The van der Waals surface area contributed by atoms with Crippen LogP contribution in [0.1, 0.15) is 16.1 Å². The van der Waals surface area contributed by atoms with Crippen molar-refractivity contribution in [3.05, 3.63) is 41.6 Å². The summed E-state index contributed by atoms with van der Waals surface area (Å²) in [4.78, 5) is 20.6. The number of carbonyl (C=O) groups is 1. The number of phenols is 1. The highest BCUT2D eigenvalue weighted by atomic mass is 32.2. The molecule has 0 saturated heterocycles. The van der Waals surface area contributed by atoms with E-state index in [2.05, 4.69) is 14.7 Å². The van der Waals surface area contributed by atoms with Crippen molar-refractivity contribution in [2.24, 2.45) is 0 Å². The Hall–Kier alpha value is -3.24. The van der Waals surface area contributed by atoms with Gasteiger partial charge in [0, 0.05) is 22.7 Å². The lowest BCUT2D eigenvalue weighted by atomic mass is 10.1. The van der Waals surface area contributed by atoms with Crippen molar-refractivity contribution < 1.29 is 28.1 Å². The molecule has 1 aromatic carbocycles. The number of methoxy groups -OCH3 is 2. The second-order valence-corrected chi connectivity index (χ2v) is 6.47. The van der Waals surface area contributed by atoms with Crippen LogP contribution in [0.2, 0.25) is 0 Å². The van der Waals surface area contributed by atoms with Gasteiger partial charge in [-0.15, -0.1) is 0 Å². The van der Waals surface area contributed by atoms with Gasteiger partial charge in [0.05, 0.1) is 25.6 Å². The Morgan fingerprint density at radius 1 is 1.21 bits per heavy atom. The fourth-order valence-electron chi connectivity index (χ4n) is 2.72. The van der Waals surface area contributed by atoms with E-state index >= 15 is 0 Å². The minimum absolute atomic E-state index is 0.0283. The predicted octanol–water partition coefficient (Wildman–Crippen LogP) is 2.31. The van der Waals surface area contributed by atoms with Crippen LogP contribution in [0.3, 0.4) is 0 Å². The number of anilines is 1. The predicted molar refractivity (Wildman–Crippen MR) is 102 cm³/mol. The number of fused-ring (bicyclic) bond motifs is 1. The summed E-state index contributed by atoms with van der Waals surface area (Å²) in [7, 11) is 2.70. The van der Waals surface area contributed by atoms with E-state index in [0.717, 1.165) is 0 Å². The Balaban J connectivity index is 2.24. The van der Waals surface area contributed by atoms with E-state index in [0.29, 0.717) is 16.7 Å². The first-order chi connectivity index (χ1) is 13.3. The Kier molecular flexibility index (Phi) is 5.43. The summed E-state index contributed by atoms with van der Waals surface area (Å²) < 4.78 is 34.4. The van der Waals surface area contributed by atoms with Gasteiger partial charge in [0.1, 0.15) is 22.7 Å². The molecule has 0 spiro atoms. The van der Waals surface area contributed by atoms with Gasteiger partial charge in [-0.25, -0.2) is 14.8 Å². The highest BCUT2D eigenvalue weighted by molar-refractivity contribution is 7.80. The number of hydrogen-bond acceptors (Lipinski definition) is 8. The average molecular weight is 402 g/mol. The standard InChI is InChI=1S/C18H17N3O6S/c1-9-6-13(21-28(24)25)17(20-15(9)18(23)27-3)12-5-4-10-7-11(26-2)8-14(22)16(10)19-12/h4-8,21-22H,1-3H3,(H,24,25)/p-1. The maximum Gasteiger partial charge on any atom is 0.356 e. The molecule has 0 amide bonds. The summed E-state index contributed by atoms with van der Waals surface area (Å²) in [5.41, 5.74) is 1.24. The summed E-state index contributed by atoms with van der Waals surface area (Å²) in [5, 5.41) is 10.9. The largest absolute Gasteiger partial charge is 0.755 e. The quantitative estimate of drug-likeness (QED) is 0.490. The second-order valence-electron chi connectivity index (χ2n) is 5.79. The minimum atomic E-state index is -2.61. The van der Waals surface area contributed by atoms with Gasteiger partial charge in [-0.05, 0) is 30.7 Å². The van der Waals surface area contributed by atoms with Crippen LogP contribution in [-0.2, 0) is 16.0 Å². The lowest BCUT2D eigenvalue weighted by molar-refractivity contribution is 0.0593. The van der Waals surface area contributed by atoms with E-state index in [9.17, 15) is 18.7 Å². The molecule has 2 heterocycles. The lowest BCUT2D eigenvalue weighted by Gasteiger charge is -2.16. The maximum absolute atomic E-state index is 12.0. The van der Waals surface area contributed by atoms with Crippen LogP contribution in [-0.4, -0.2) is 44.0 Å². The first kappa shape index (κ1) is 19.5. The number of hydrogen-bond donors (Lipinski definition) is 2. The molecule has 2 N–H and O–H groups in total. The average Bonchev–Trinajstić information content (AvgIpc) is 2.67. The van der Waals surface area contributed by atoms with Crippen LogP contribution >= 0.6 is 0 Å². The zero-order valence-corrected chi connectivity index (χ0v) is 16.0. The van der Waals surface area contributed by atoms with E-state index in [-0.39, 0.29) is 34.0 Å². The normalized spacial score (nSPS) is 11.9. The van der Waals surface area contributed by atoms with Crippen LogP contribution in [0, 0.1) is 6.92 Å². The van der Waals surface area contributed by atoms with Crippen molar-refractivity contribution in [2.45, 2.75) is 6.92 Å². The number of aromatic nitrogens is 2. The van der Waals surface area contributed by atoms with E-state index in [4.69, 9.17) is 9.47 Å². The van der Waals surface area contributed by atoms with Gasteiger partial charge in [0.15, 0.2) is 5.69 Å². The third-order valence-electron chi connectivity index (χ3n) is 4.01. The Morgan fingerprint density at radius 3 is 2.61 bits per heavy atom. The lowest BCUT2D eigenvalue weighted by Crippen LogP contribution is -2.11. The number of nitrogens with one attached hydrogen (secondary N) is 1. The van der Waals surface area contributed by atoms with Crippen molar-refractivity contribution in [3.63, 3.8) is 0 Å². The summed E-state index contributed by atoms with van der Waals surface area (Å²) >= 11 is -2.61. The summed E-state index contributed by atoms with van der Waals surface area (Å²) in [6, 6.07) is 7.84. The van der Waals surface area contributed by atoms with Crippen LogP contribution in [0.5, 0.6) is 11.5 Å². The molecule has 0 saturated carbocycles. The van der Waals surface area contributed by atoms with Crippen molar-refractivity contribution in [2.75, 3.05) is 18.9 Å². The number of rotatable bonds is 5. The number of ether oxygens (including phenoxy) is 2. The molecular formula is C18H16N3O6S-. The maximum atomic E-state index is 12.0. The Bertz CT molecular complexity index is 1100. The van der Waals surface area contributed by atoms with Crippen LogP contribution in [0.15, 0.2) is 30.3 Å². The molecular weight excluding hydrogens is 386 g/mol. The molecule has 0 aliphatic carbocycles. The second kappa shape index (κ2) is 7.79. The summed E-state index contributed by atoms with van der Waals surface area (Å²) in [5.74, 6) is -0.314. The van der Waals surface area contributed by atoms with Crippen molar-refractivity contribution in [1.82, 2.24) is 9.97 Å². The van der Waals surface area contributed by atoms with Crippen molar-refractivity contribution in [3.8, 4) is 22.9 Å². The van der Waals surface area contributed by atoms with Crippen molar-refractivity contribution in [1.29, 1.82) is 0 Å². The van der Waals surface area contributed by atoms with Gasteiger partial charge in [0.2, 0.25) is 0 Å². The first-order valence-corrected chi connectivity index (χ1v) is 9.05. The molecule has 3 rings (SSSR count). The monoisotopic (exact) mass is 402 g/mol. The molecule has 1 atom stereocenters. The number of esters is 1. The summed E-state index contributed by atoms with van der Waals surface area (Å²) in [6.07, 6.45) is 0. The molecule has 0 radical (unpaired) electrons. The minimum Gasteiger partial charge on any atom is -0.755 e. The topological polar surface area (TPSA) is 134 Å². The molecule has 28 heavy (non-hydrogen) atoms. The zero-order valence-electron chi connectivity index (χ0n) is 15.2. The van der Waals surface area contributed by atoms with Gasteiger partial charge >= 0.3 is 5.97 Å². The number of aromatic hydroxyl groups is 1. The number of benzene rings is 1.